The zero-order valence-electron chi connectivity index (χ0n) is 14.2. The van der Waals surface area contributed by atoms with Crippen molar-refractivity contribution in [3.63, 3.8) is 0 Å². The fourth-order valence-electron chi connectivity index (χ4n) is 2.04. The molecule has 2 aromatic carbocycles. The molecule has 0 radical (unpaired) electrons. The fraction of sp³-hybridized carbons (Fsp3) is 0.235. The van der Waals surface area contributed by atoms with Gasteiger partial charge in [-0.05, 0) is 42.0 Å². The first-order valence-electron chi connectivity index (χ1n) is 7.79. The second-order valence-corrected chi connectivity index (χ2v) is 7.55. The van der Waals surface area contributed by atoms with Gasteiger partial charge in [0.05, 0.1) is 11.5 Å². The lowest BCUT2D eigenvalue weighted by atomic mass is 10.2. The van der Waals surface area contributed by atoms with Crippen molar-refractivity contribution in [2.75, 3.05) is 25.6 Å². The molecule has 0 saturated carbocycles. The average molecular weight is 398 g/mol. The Morgan fingerprint density at radius 2 is 1.73 bits per heavy atom. The van der Waals surface area contributed by atoms with Crippen LogP contribution in [-0.2, 0) is 21.3 Å². The summed E-state index contributed by atoms with van der Waals surface area (Å²) in [6.07, 6.45) is 0. The number of hydrogen-bond acceptors (Lipinski definition) is 4. The van der Waals surface area contributed by atoms with Crippen molar-refractivity contribution < 1.29 is 17.9 Å². The summed E-state index contributed by atoms with van der Waals surface area (Å²) < 4.78 is 31.4. The standard InChI is InChI=1S/C17H20ClN3O4S/c1-25-11-10-20-26(23,24)16-8-2-13(3-9-16)12-19-17(22)21-15-6-4-14(18)5-7-15/h2-9,20H,10-12H2,1H3,(H2,19,21,22). The maximum Gasteiger partial charge on any atom is 0.319 e. The summed E-state index contributed by atoms with van der Waals surface area (Å²) in [6, 6.07) is 12.6. The molecular formula is C17H20ClN3O4S. The van der Waals surface area contributed by atoms with E-state index in [1.54, 1.807) is 36.4 Å². The van der Waals surface area contributed by atoms with Gasteiger partial charge in [0.25, 0.3) is 0 Å². The Hall–Kier alpha value is -2.13. The Kier molecular flexibility index (Phi) is 7.40. The third-order valence-electron chi connectivity index (χ3n) is 3.39. The second-order valence-electron chi connectivity index (χ2n) is 5.35. The zero-order chi connectivity index (χ0) is 19.0. The highest BCUT2D eigenvalue weighted by atomic mass is 35.5. The van der Waals surface area contributed by atoms with Gasteiger partial charge >= 0.3 is 6.03 Å². The number of urea groups is 1. The molecule has 0 aliphatic heterocycles. The van der Waals surface area contributed by atoms with E-state index in [1.807, 2.05) is 0 Å². The number of benzene rings is 2. The van der Waals surface area contributed by atoms with Gasteiger partial charge in [0.2, 0.25) is 10.0 Å². The SMILES string of the molecule is COCCNS(=O)(=O)c1ccc(CNC(=O)Nc2ccc(Cl)cc2)cc1. The molecule has 0 aliphatic rings. The molecule has 0 aromatic heterocycles. The Morgan fingerprint density at radius 1 is 1.08 bits per heavy atom. The van der Waals surface area contributed by atoms with Gasteiger partial charge in [-0.1, -0.05) is 23.7 Å². The van der Waals surface area contributed by atoms with Gasteiger partial charge in [-0.15, -0.1) is 0 Å². The van der Waals surface area contributed by atoms with Crippen molar-refractivity contribution in [3.05, 3.63) is 59.1 Å². The maximum atomic E-state index is 12.1. The van der Waals surface area contributed by atoms with Crippen LogP contribution in [0.15, 0.2) is 53.4 Å². The summed E-state index contributed by atoms with van der Waals surface area (Å²) in [4.78, 5) is 12.0. The molecule has 0 unspecified atom stereocenters. The predicted octanol–water partition coefficient (Wildman–Crippen LogP) is 2.59. The topological polar surface area (TPSA) is 96.5 Å². The number of hydrogen-bond donors (Lipinski definition) is 3. The number of halogens is 1. The van der Waals surface area contributed by atoms with Crippen LogP contribution in [0, 0.1) is 0 Å². The minimum atomic E-state index is -3.57. The third-order valence-corrected chi connectivity index (χ3v) is 5.12. The summed E-state index contributed by atoms with van der Waals surface area (Å²) in [5.74, 6) is 0. The molecular weight excluding hydrogens is 378 g/mol. The van der Waals surface area contributed by atoms with Crippen molar-refractivity contribution in [1.82, 2.24) is 10.0 Å². The lowest BCUT2D eigenvalue weighted by molar-refractivity contribution is 0.204. The van der Waals surface area contributed by atoms with E-state index in [2.05, 4.69) is 15.4 Å². The third kappa shape index (κ3) is 6.30. The Labute approximate surface area is 157 Å². The quantitative estimate of drug-likeness (QED) is 0.596. The van der Waals surface area contributed by atoms with Crippen LogP contribution in [0.25, 0.3) is 0 Å². The Balaban J connectivity index is 1.86. The monoisotopic (exact) mass is 397 g/mol. The van der Waals surface area contributed by atoms with Crippen molar-refractivity contribution in [2.45, 2.75) is 11.4 Å². The zero-order valence-corrected chi connectivity index (χ0v) is 15.7. The van der Waals surface area contributed by atoms with Crippen molar-refractivity contribution in [3.8, 4) is 0 Å². The molecule has 26 heavy (non-hydrogen) atoms. The molecule has 2 aromatic rings. The number of carbonyl (C=O) groups excluding carboxylic acids is 1. The molecule has 0 saturated heterocycles. The summed E-state index contributed by atoms with van der Waals surface area (Å²) >= 11 is 5.79. The minimum Gasteiger partial charge on any atom is -0.383 e. The van der Waals surface area contributed by atoms with E-state index >= 15 is 0 Å². The van der Waals surface area contributed by atoms with Gasteiger partial charge in [-0.3, -0.25) is 0 Å². The molecule has 9 heteroatoms. The van der Waals surface area contributed by atoms with Crippen molar-refractivity contribution in [1.29, 1.82) is 0 Å². The van der Waals surface area contributed by atoms with Gasteiger partial charge in [0, 0.05) is 30.9 Å². The number of anilines is 1. The largest absolute Gasteiger partial charge is 0.383 e. The summed E-state index contributed by atoms with van der Waals surface area (Å²) in [7, 11) is -2.07. The molecule has 0 fully saturated rings. The molecule has 7 nitrogen and oxygen atoms in total. The fourth-order valence-corrected chi connectivity index (χ4v) is 3.18. The van der Waals surface area contributed by atoms with E-state index in [0.29, 0.717) is 17.3 Å². The van der Waals surface area contributed by atoms with Crippen LogP contribution in [0.5, 0.6) is 0 Å². The first-order valence-corrected chi connectivity index (χ1v) is 9.65. The lowest BCUT2D eigenvalue weighted by Crippen LogP contribution is -2.28. The van der Waals surface area contributed by atoms with Crippen LogP contribution in [0.1, 0.15) is 5.56 Å². The number of amides is 2. The molecule has 0 spiro atoms. The number of nitrogens with one attached hydrogen (secondary N) is 3. The van der Waals surface area contributed by atoms with Crippen molar-refractivity contribution in [2.24, 2.45) is 0 Å². The van der Waals surface area contributed by atoms with E-state index in [-0.39, 0.29) is 24.0 Å². The minimum absolute atomic E-state index is 0.156. The first-order chi connectivity index (χ1) is 12.4. The maximum absolute atomic E-state index is 12.1. The Bertz CT molecular complexity index is 824. The number of carbonyl (C=O) groups is 1. The van der Waals surface area contributed by atoms with Gasteiger partial charge in [-0.2, -0.15) is 0 Å². The van der Waals surface area contributed by atoms with Gasteiger partial charge in [0.15, 0.2) is 0 Å². The lowest BCUT2D eigenvalue weighted by Gasteiger charge is -2.09. The molecule has 0 heterocycles. The summed E-state index contributed by atoms with van der Waals surface area (Å²) in [6.45, 7) is 0.758. The number of rotatable bonds is 8. The molecule has 0 bridgehead atoms. The van der Waals surface area contributed by atoms with Crippen LogP contribution in [0.4, 0.5) is 10.5 Å². The van der Waals surface area contributed by atoms with E-state index in [1.165, 1.54) is 19.2 Å². The molecule has 2 rings (SSSR count). The molecule has 0 atom stereocenters. The smallest absolute Gasteiger partial charge is 0.319 e. The first kappa shape index (κ1) is 20.2. The highest BCUT2D eigenvalue weighted by Gasteiger charge is 2.13. The van der Waals surface area contributed by atoms with Crippen LogP contribution in [0.3, 0.4) is 0 Å². The van der Waals surface area contributed by atoms with Crippen LogP contribution >= 0.6 is 11.6 Å². The van der Waals surface area contributed by atoms with E-state index in [9.17, 15) is 13.2 Å². The average Bonchev–Trinajstić information content (AvgIpc) is 2.62. The predicted molar refractivity (Wildman–Crippen MR) is 101 cm³/mol. The summed E-state index contributed by atoms with van der Waals surface area (Å²) in [5.41, 5.74) is 1.39. The number of methoxy groups -OCH3 is 1. The van der Waals surface area contributed by atoms with Gasteiger partial charge < -0.3 is 15.4 Å². The normalized spacial score (nSPS) is 11.2. The molecule has 2 amide bonds. The van der Waals surface area contributed by atoms with E-state index in [0.717, 1.165) is 5.56 Å². The summed E-state index contributed by atoms with van der Waals surface area (Å²) in [5, 5.41) is 5.96. The van der Waals surface area contributed by atoms with Crippen LogP contribution in [-0.4, -0.2) is 34.7 Å². The van der Waals surface area contributed by atoms with Crippen molar-refractivity contribution >= 4 is 33.3 Å². The highest BCUT2D eigenvalue weighted by Crippen LogP contribution is 2.13. The van der Waals surface area contributed by atoms with Gasteiger partial charge in [-0.25, -0.2) is 17.9 Å². The molecule has 0 aliphatic carbocycles. The van der Waals surface area contributed by atoms with Crippen LogP contribution < -0.4 is 15.4 Å². The van der Waals surface area contributed by atoms with E-state index < -0.39 is 10.0 Å². The number of ether oxygens (including phenoxy) is 1. The molecule has 140 valence electrons. The van der Waals surface area contributed by atoms with Crippen LogP contribution in [0.2, 0.25) is 5.02 Å². The highest BCUT2D eigenvalue weighted by molar-refractivity contribution is 7.89. The molecule has 3 N–H and O–H groups in total. The van der Waals surface area contributed by atoms with E-state index in [4.69, 9.17) is 16.3 Å². The Morgan fingerprint density at radius 3 is 2.35 bits per heavy atom. The second kappa shape index (κ2) is 9.54. The number of sulfonamides is 1. The van der Waals surface area contributed by atoms with Gasteiger partial charge in [0.1, 0.15) is 0 Å².